The van der Waals surface area contributed by atoms with Crippen molar-refractivity contribution in [1.82, 2.24) is 15.6 Å². The van der Waals surface area contributed by atoms with Crippen molar-refractivity contribution >= 4 is 5.96 Å². The molecule has 1 aliphatic rings. The van der Waals surface area contributed by atoms with Gasteiger partial charge in [-0.3, -0.25) is 0 Å². The molecular weight excluding hydrogens is 404 g/mol. The van der Waals surface area contributed by atoms with Gasteiger partial charge >= 0.3 is 0 Å². The van der Waals surface area contributed by atoms with Crippen LogP contribution in [-0.2, 0) is 17.8 Å². The minimum atomic E-state index is 0.108. The maximum atomic E-state index is 6.20. The first-order valence-corrected chi connectivity index (χ1v) is 11.1. The van der Waals surface area contributed by atoms with Crippen LogP contribution < -0.4 is 15.4 Å². The number of hydrogen-bond acceptors (Lipinski definition) is 5. The molecule has 0 aliphatic carbocycles. The minimum Gasteiger partial charge on any atom is -0.488 e. The van der Waals surface area contributed by atoms with Crippen molar-refractivity contribution in [2.45, 2.75) is 39.5 Å². The van der Waals surface area contributed by atoms with E-state index in [0.717, 1.165) is 47.7 Å². The largest absolute Gasteiger partial charge is 0.488 e. The van der Waals surface area contributed by atoms with Crippen molar-refractivity contribution in [3.8, 4) is 17.2 Å². The van der Waals surface area contributed by atoms with Crippen molar-refractivity contribution in [1.29, 1.82) is 0 Å². The summed E-state index contributed by atoms with van der Waals surface area (Å²) in [6, 6.07) is 16.1. The average Bonchev–Trinajstić information content (AvgIpc) is 3.50. The predicted molar refractivity (Wildman–Crippen MR) is 125 cm³/mol. The van der Waals surface area contributed by atoms with Gasteiger partial charge in [-0.05, 0) is 37.6 Å². The van der Waals surface area contributed by atoms with E-state index in [1.165, 1.54) is 0 Å². The maximum Gasteiger partial charge on any atom is 0.226 e. The molecule has 32 heavy (non-hydrogen) atoms. The lowest BCUT2D eigenvalue weighted by molar-refractivity contribution is 0.140. The number of benzene rings is 2. The molecule has 2 heterocycles. The third-order valence-electron chi connectivity index (χ3n) is 5.17. The van der Waals surface area contributed by atoms with Gasteiger partial charge in [-0.15, -0.1) is 0 Å². The van der Waals surface area contributed by atoms with Crippen LogP contribution in [-0.4, -0.2) is 36.8 Å². The number of nitrogens with one attached hydrogen (secondary N) is 2. The first-order valence-electron chi connectivity index (χ1n) is 11.1. The molecule has 4 rings (SSSR count). The standard InChI is InChI=1S/C25H30N4O3/c1-3-26-25(28-15-21-16-31-24(29-21)19-7-5-4-6-8-19)27-14-20-10-9-18(2)13-23(20)32-22-11-12-30-17-22/h4-10,13,16,22H,3,11-12,14-15,17H2,1-2H3,(H2,26,27,28). The van der Waals surface area contributed by atoms with Gasteiger partial charge in [0.25, 0.3) is 0 Å². The first-order chi connectivity index (χ1) is 15.7. The lowest BCUT2D eigenvalue weighted by Crippen LogP contribution is -2.36. The number of hydrogen-bond donors (Lipinski definition) is 2. The summed E-state index contributed by atoms with van der Waals surface area (Å²) in [5.74, 6) is 2.21. The molecule has 1 atom stereocenters. The van der Waals surface area contributed by atoms with Crippen LogP contribution in [0.3, 0.4) is 0 Å². The highest BCUT2D eigenvalue weighted by Crippen LogP contribution is 2.24. The zero-order valence-corrected chi connectivity index (χ0v) is 18.6. The van der Waals surface area contributed by atoms with Crippen LogP contribution in [0.5, 0.6) is 5.75 Å². The fraction of sp³-hybridized carbons (Fsp3) is 0.360. The van der Waals surface area contributed by atoms with Gasteiger partial charge in [-0.25, -0.2) is 9.98 Å². The summed E-state index contributed by atoms with van der Waals surface area (Å²) >= 11 is 0. The second-order valence-electron chi connectivity index (χ2n) is 7.77. The van der Waals surface area contributed by atoms with Gasteiger partial charge in [0.2, 0.25) is 5.89 Å². The van der Waals surface area contributed by atoms with Crippen LogP contribution >= 0.6 is 0 Å². The van der Waals surface area contributed by atoms with Crippen LogP contribution in [0.1, 0.15) is 30.2 Å². The van der Waals surface area contributed by atoms with Crippen molar-refractivity contribution in [3.05, 3.63) is 71.6 Å². The van der Waals surface area contributed by atoms with Gasteiger partial charge in [-0.1, -0.05) is 30.3 Å². The molecule has 0 bridgehead atoms. The maximum absolute atomic E-state index is 6.20. The Balaban J connectivity index is 1.41. The van der Waals surface area contributed by atoms with Gasteiger partial charge in [0.05, 0.1) is 32.0 Å². The summed E-state index contributed by atoms with van der Waals surface area (Å²) < 4.78 is 17.3. The van der Waals surface area contributed by atoms with Crippen LogP contribution in [0.2, 0.25) is 0 Å². The summed E-state index contributed by atoms with van der Waals surface area (Å²) in [5, 5.41) is 6.62. The fourth-order valence-corrected chi connectivity index (χ4v) is 3.47. The highest BCUT2D eigenvalue weighted by Gasteiger charge is 2.18. The summed E-state index contributed by atoms with van der Waals surface area (Å²) in [5.41, 5.74) is 3.98. The number of oxazole rings is 1. The Hall–Kier alpha value is -3.32. The molecule has 2 aromatic carbocycles. The average molecular weight is 435 g/mol. The summed E-state index contributed by atoms with van der Waals surface area (Å²) in [7, 11) is 0. The molecule has 168 valence electrons. The highest BCUT2D eigenvalue weighted by molar-refractivity contribution is 5.79. The number of guanidine groups is 1. The summed E-state index contributed by atoms with van der Waals surface area (Å²) in [6.07, 6.45) is 2.70. The van der Waals surface area contributed by atoms with E-state index in [2.05, 4.69) is 40.7 Å². The smallest absolute Gasteiger partial charge is 0.226 e. The lowest BCUT2D eigenvalue weighted by atomic mass is 10.1. The Labute approximate surface area is 188 Å². The highest BCUT2D eigenvalue weighted by atomic mass is 16.5. The number of aromatic nitrogens is 1. The van der Waals surface area contributed by atoms with Crippen LogP contribution in [0.4, 0.5) is 0 Å². The number of nitrogens with zero attached hydrogens (tertiary/aromatic N) is 2. The number of aliphatic imine (C=N–C) groups is 1. The van der Waals surface area contributed by atoms with E-state index in [4.69, 9.17) is 18.9 Å². The SMILES string of the molecule is CCNC(=NCc1ccc(C)cc1OC1CCOC1)NCc1coc(-c2ccccc2)n1. The lowest BCUT2D eigenvalue weighted by Gasteiger charge is -2.16. The van der Waals surface area contributed by atoms with Crippen LogP contribution in [0.25, 0.3) is 11.5 Å². The molecule has 1 fully saturated rings. The van der Waals surface area contributed by atoms with E-state index < -0.39 is 0 Å². The molecule has 1 saturated heterocycles. The Bertz CT molecular complexity index is 1030. The van der Waals surface area contributed by atoms with Crippen molar-refractivity contribution < 1.29 is 13.9 Å². The molecule has 0 amide bonds. The minimum absolute atomic E-state index is 0.108. The topological polar surface area (TPSA) is 80.9 Å². The van der Waals surface area contributed by atoms with E-state index in [0.29, 0.717) is 31.5 Å². The Kier molecular flexibility index (Phi) is 7.40. The molecule has 2 N–H and O–H groups in total. The van der Waals surface area contributed by atoms with E-state index in [1.54, 1.807) is 6.26 Å². The monoisotopic (exact) mass is 434 g/mol. The first kappa shape index (κ1) is 21.9. The van der Waals surface area contributed by atoms with Gasteiger partial charge in [0.1, 0.15) is 18.1 Å². The summed E-state index contributed by atoms with van der Waals surface area (Å²) in [4.78, 5) is 9.32. The Morgan fingerprint density at radius 3 is 2.84 bits per heavy atom. The zero-order valence-electron chi connectivity index (χ0n) is 18.6. The normalized spacial score (nSPS) is 16.2. The molecule has 1 unspecified atom stereocenters. The Morgan fingerprint density at radius 2 is 2.06 bits per heavy atom. The van der Waals surface area contributed by atoms with E-state index >= 15 is 0 Å². The fourth-order valence-electron chi connectivity index (χ4n) is 3.47. The van der Waals surface area contributed by atoms with Gasteiger partial charge < -0.3 is 24.5 Å². The molecule has 3 aromatic rings. The van der Waals surface area contributed by atoms with Gasteiger partial charge in [-0.2, -0.15) is 0 Å². The molecule has 0 spiro atoms. The van der Waals surface area contributed by atoms with Crippen LogP contribution in [0, 0.1) is 6.92 Å². The van der Waals surface area contributed by atoms with Gasteiger partial charge in [0, 0.05) is 24.1 Å². The quantitative estimate of drug-likeness (QED) is 0.411. The zero-order chi connectivity index (χ0) is 22.2. The molecule has 7 nitrogen and oxygen atoms in total. The van der Waals surface area contributed by atoms with Crippen LogP contribution in [0.15, 0.2) is 64.2 Å². The third kappa shape index (κ3) is 5.88. The molecule has 7 heteroatoms. The predicted octanol–water partition coefficient (Wildman–Crippen LogP) is 4.07. The Morgan fingerprint density at radius 1 is 1.19 bits per heavy atom. The second kappa shape index (κ2) is 10.8. The number of aryl methyl sites for hydroxylation is 1. The molecule has 1 aliphatic heterocycles. The molecule has 1 aromatic heterocycles. The molecule has 0 radical (unpaired) electrons. The van der Waals surface area contributed by atoms with E-state index in [1.807, 2.05) is 37.3 Å². The van der Waals surface area contributed by atoms with E-state index in [9.17, 15) is 0 Å². The van der Waals surface area contributed by atoms with Crippen molar-refractivity contribution in [2.24, 2.45) is 4.99 Å². The van der Waals surface area contributed by atoms with Crippen molar-refractivity contribution in [2.75, 3.05) is 19.8 Å². The second-order valence-corrected chi connectivity index (χ2v) is 7.77. The number of ether oxygens (including phenoxy) is 2. The summed E-state index contributed by atoms with van der Waals surface area (Å²) in [6.45, 7) is 7.29. The number of rotatable bonds is 8. The van der Waals surface area contributed by atoms with Gasteiger partial charge in [0.15, 0.2) is 5.96 Å². The van der Waals surface area contributed by atoms with E-state index in [-0.39, 0.29) is 6.10 Å². The molecular formula is C25H30N4O3. The molecule has 0 saturated carbocycles. The van der Waals surface area contributed by atoms with Crippen molar-refractivity contribution in [3.63, 3.8) is 0 Å². The third-order valence-corrected chi connectivity index (χ3v) is 5.17.